The smallest absolute Gasteiger partial charge is 0.0484 e. The van der Waals surface area contributed by atoms with Crippen molar-refractivity contribution >= 4 is 0 Å². The van der Waals surface area contributed by atoms with Gasteiger partial charge in [0, 0.05) is 12.1 Å². The molecule has 0 amide bonds. The first-order valence-corrected chi connectivity index (χ1v) is 7.45. The summed E-state index contributed by atoms with van der Waals surface area (Å²) in [6, 6.07) is 10.2. The lowest BCUT2D eigenvalue weighted by Crippen LogP contribution is -2.41. The zero-order valence-electron chi connectivity index (χ0n) is 11.4. The van der Waals surface area contributed by atoms with Gasteiger partial charge in [0.2, 0.25) is 0 Å². The molecule has 98 valence electrons. The van der Waals surface area contributed by atoms with Crippen molar-refractivity contribution in [3.63, 3.8) is 0 Å². The lowest BCUT2D eigenvalue weighted by atomic mass is 10.1. The molecule has 1 aromatic carbocycles. The van der Waals surface area contributed by atoms with E-state index in [0.717, 1.165) is 6.54 Å². The molecule has 2 aliphatic rings. The average Bonchev–Trinajstić information content (AvgIpc) is 3.03. The van der Waals surface area contributed by atoms with Gasteiger partial charge in [0.15, 0.2) is 0 Å². The van der Waals surface area contributed by atoms with Crippen molar-refractivity contribution in [2.24, 2.45) is 0 Å². The van der Waals surface area contributed by atoms with Crippen molar-refractivity contribution in [1.29, 1.82) is 0 Å². The van der Waals surface area contributed by atoms with E-state index in [0.29, 0.717) is 12.1 Å². The van der Waals surface area contributed by atoms with Crippen molar-refractivity contribution in [3.8, 4) is 0 Å². The first kappa shape index (κ1) is 12.2. The highest BCUT2D eigenvalue weighted by Gasteiger charge is 2.36. The van der Waals surface area contributed by atoms with Crippen LogP contribution in [0.5, 0.6) is 0 Å². The van der Waals surface area contributed by atoms with Gasteiger partial charge in [-0.1, -0.05) is 31.2 Å². The van der Waals surface area contributed by atoms with Gasteiger partial charge in [-0.2, -0.15) is 0 Å². The predicted octanol–water partition coefficient (Wildman–Crippen LogP) is 2.75. The van der Waals surface area contributed by atoms with Crippen LogP contribution in [0.25, 0.3) is 0 Å². The Kier molecular flexibility index (Phi) is 3.67. The average molecular weight is 244 g/mol. The number of hydrogen-bond donors (Lipinski definition) is 1. The fourth-order valence-electron chi connectivity index (χ4n) is 3.53. The molecule has 18 heavy (non-hydrogen) atoms. The molecule has 2 atom stereocenters. The molecule has 0 aromatic heterocycles. The van der Waals surface area contributed by atoms with E-state index in [1.165, 1.54) is 38.8 Å². The van der Waals surface area contributed by atoms with E-state index >= 15 is 0 Å². The molecule has 1 fully saturated rings. The summed E-state index contributed by atoms with van der Waals surface area (Å²) in [5, 5.41) is 3.77. The SMILES string of the molecule is CCCNC1c2ccccc2CC1N1CCCC1. The number of hydrogen-bond acceptors (Lipinski definition) is 2. The van der Waals surface area contributed by atoms with E-state index in [1.54, 1.807) is 11.1 Å². The molecule has 2 nitrogen and oxygen atoms in total. The maximum absolute atomic E-state index is 3.77. The molecule has 1 N–H and O–H groups in total. The molecule has 0 spiro atoms. The Bertz CT molecular complexity index is 396. The maximum atomic E-state index is 3.77. The number of nitrogens with one attached hydrogen (secondary N) is 1. The van der Waals surface area contributed by atoms with E-state index in [-0.39, 0.29) is 0 Å². The molecule has 1 heterocycles. The van der Waals surface area contributed by atoms with Crippen LogP contribution in [0, 0.1) is 0 Å². The third-order valence-electron chi connectivity index (χ3n) is 4.43. The van der Waals surface area contributed by atoms with Crippen molar-refractivity contribution < 1.29 is 0 Å². The second kappa shape index (κ2) is 5.41. The summed E-state index contributed by atoms with van der Waals surface area (Å²) in [5.74, 6) is 0. The molecule has 3 rings (SSSR count). The van der Waals surface area contributed by atoms with Gasteiger partial charge in [0.25, 0.3) is 0 Å². The minimum atomic E-state index is 0.555. The summed E-state index contributed by atoms with van der Waals surface area (Å²) in [7, 11) is 0. The highest BCUT2D eigenvalue weighted by Crippen LogP contribution is 2.35. The van der Waals surface area contributed by atoms with Crippen LogP contribution in [0.4, 0.5) is 0 Å². The number of nitrogens with zero attached hydrogens (tertiary/aromatic N) is 1. The summed E-state index contributed by atoms with van der Waals surface area (Å²) < 4.78 is 0. The minimum Gasteiger partial charge on any atom is -0.309 e. The van der Waals surface area contributed by atoms with Crippen molar-refractivity contribution in [3.05, 3.63) is 35.4 Å². The normalized spacial score (nSPS) is 27.6. The number of fused-ring (bicyclic) bond motifs is 1. The lowest BCUT2D eigenvalue weighted by molar-refractivity contribution is 0.204. The molecule has 1 aromatic rings. The topological polar surface area (TPSA) is 15.3 Å². The van der Waals surface area contributed by atoms with Crippen molar-refractivity contribution in [2.75, 3.05) is 19.6 Å². The zero-order chi connectivity index (χ0) is 12.4. The summed E-state index contributed by atoms with van der Waals surface area (Å²) in [4.78, 5) is 2.70. The van der Waals surface area contributed by atoms with E-state index < -0.39 is 0 Å². The molecule has 0 saturated carbocycles. The first-order chi connectivity index (χ1) is 8.90. The van der Waals surface area contributed by atoms with Gasteiger partial charge in [-0.15, -0.1) is 0 Å². The van der Waals surface area contributed by atoms with E-state index in [9.17, 15) is 0 Å². The lowest BCUT2D eigenvalue weighted by Gasteiger charge is -2.30. The Hall–Kier alpha value is -0.860. The van der Waals surface area contributed by atoms with Gasteiger partial charge in [-0.05, 0) is 56.4 Å². The van der Waals surface area contributed by atoms with Crippen LogP contribution in [0.2, 0.25) is 0 Å². The molecule has 2 unspecified atom stereocenters. The van der Waals surface area contributed by atoms with Gasteiger partial charge >= 0.3 is 0 Å². The number of likely N-dealkylation sites (tertiary alicyclic amines) is 1. The van der Waals surface area contributed by atoms with Crippen LogP contribution in [0.3, 0.4) is 0 Å². The van der Waals surface area contributed by atoms with Crippen molar-refractivity contribution in [1.82, 2.24) is 10.2 Å². The van der Waals surface area contributed by atoms with Gasteiger partial charge in [-0.3, -0.25) is 4.90 Å². The fourth-order valence-corrected chi connectivity index (χ4v) is 3.53. The Labute approximate surface area is 110 Å². The summed E-state index contributed by atoms with van der Waals surface area (Å²) in [6.45, 7) is 5.97. The minimum absolute atomic E-state index is 0.555. The van der Waals surface area contributed by atoms with Gasteiger partial charge in [-0.25, -0.2) is 0 Å². The van der Waals surface area contributed by atoms with E-state index in [1.807, 2.05) is 0 Å². The standard InChI is InChI=1S/C16H24N2/c1-2-9-17-16-14-8-4-3-7-13(14)12-15(16)18-10-5-6-11-18/h3-4,7-8,15-17H,2,5-6,9-12H2,1H3. The zero-order valence-corrected chi connectivity index (χ0v) is 11.4. The van der Waals surface area contributed by atoms with E-state index in [2.05, 4.69) is 41.4 Å². The third kappa shape index (κ3) is 2.19. The van der Waals surface area contributed by atoms with Gasteiger partial charge in [0.05, 0.1) is 0 Å². The first-order valence-electron chi connectivity index (χ1n) is 7.45. The molecule has 1 aliphatic heterocycles. The quantitative estimate of drug-likeness (QED) is 0.876. The van der Waals surface area contributed by atoms with Crippen LogP contribution in [0.15, 0.2) is 24.3 Å². The molecule has 1 saturated heterocycles. The predicted molar refractivity (Wildman–Crippen MR) is 75.8 cm³/mol. The van der Waals surface area contributed by atoms with Crippen LogP contribution >= 0.6 is 0 Å². The highest BCUT2D eigenvalue weighted by atomic mass is 15.2. The van der Waals surface area contributed by atoms with Crippen LogP contribution in [0.1, 0.15) is 43.4 Å². The molecule has 0 radical (unpaired) electrons. The Morgan fingerprint density at radius 3 is 2.78 bits per heavy atom. The maximum Gasteiger partial charge on any atom is 0.0484 e. The molecule has 2 heteroatoms. The summed E-state index contributed by atoms with van der Waals surface area (Å²) >= 11 is 0. The second-order valence-electron chi connectivity index (χ2n) is 5.65. The van der Waals surface area contributed by atoms with Crippen LogP contribution in [-0.2, 0) is 6.42 Å². The van der Waals surface area contributed by atoms with Gasteiger partial charge in [0.1, 0.15) is 0 Å². The van der Waals surface area contributed by atoms with Crippen LogP contribution in [-0.4, -0.2) is 30.6 Å². The van der Waals surface area contributed by atoms with E-state index in [4.69, 9.17) is 0 Å². The number of rotatable bonds is 4. The highest BCUT2D eigenvalue weighted by molar-refractivity contribution is 5.37. The Morgan fingerprint density at radius 2 is 2.00 bits per heavy atom. The molecule has 1 aliphatic carbocycles. The van der Waals surface area contributed by atoms with Crippen LogP contribution < -0.4 is 5.32 Å². The fraction of sp³-hybridized carbons (Fsp3) is 0.625. The monoisotopic (exact) mass is 244 g/mol. The third-order valence-corrected chi connectivity index (χ3v) is 4.43. The molecule has 0 bridgehead atoms. The Morgan fingerprint density at radius 1 is 1.22 bits per heavy atom. The number of benzene rings is 1. The summed E-state index contributed by atoms with van der Waals surface area (Å²) in [6.07, 6.45) is 5.21. The summed E-state index contributed by atoms with van der Waals surface area (Å²) in [5.41, 5.74) is 3.10. The van der Waals surface area contributed by atoms with Crippen molar-refractivity contribution in [2.45, 2.75) is 44.7 Å². The Balaban J connectivity index is 1.82. The molecular weight excluding hydrogens is 220 g/mol. The molecular formula is C16H24N2. The largest absolute Gasteiger partial charge is 0.309 e. The second-order valence-corrected chi connectivity index (χ2v) is 5.65. The van der Waals surface area contributed by atoms with Gasteiger partial charge < -0.3 is 5.32 Å².